The maximum Gasteiger partial charge on any atom is 0.280 e. The van der Waals surface area contributed by atoms with Gasteiger partial charge in [-0.2, -0.15) is 0 Å². The van der Waals surface area contributed by atoms with Gasteiger partial charge in [-0.1, -0.05) is 12.5 Å². The zero-order chi connectivity index (χ0) is 19.3. The van der Waals surface area contributed by atoms with Gasteiger partial charge >= 0.3 is 0 Å². The summed E-state index contributed by atoms with van der Waals surface area (Å²) >= 11 is 0. The molecule has 0 spiro atoms. The van der Waals surface area contributed by atoms with Gasteiger partial charge in [0.25, 0.3) is 6.43 Å². The lowest BCUT2D eigenvalue weighted by Gasteiger charge is -2.24. The van der Waals surface area contributed by atoms with Crippen molar-refractivity contribution in [1.29, 1.82) is 0 Å². The highest BCUT2D eigenvalue weighted by Gasteiger charge is 2.25. The molecule has 0 unspecified atom stereocenters. The van der Waals surface area contributed by atoms with Crippen molar-refractivity contribution in [2.75, 3.05) is 0 Å². The maximum atomic E-state index is 13.3. The van der Waals surface area contributed by atoms with Gasteiger partial charge in [-0.15, -0.1) is 0 Å². The van der Waals surface area contributed by atoms with Gasteiger partial charge < -0.3 is 5.32 Å². The van der Waals surface area contributed by atoms with Crippen molar-refractivity contribution < 1.29 is 8.78 Å². The molecule has 1 aliphatic heterocycles. The summed E-state index contributed by atoms with van der Waals surface area (Å²) in [5.41, 5.74) is 4.14. The van der Waals surface area contributed by atoms with Crippen LogP contribution in [0.2, 0.25) is 0 Å². The lowest BCUT2D eigenvalue weighted by atomic mass is 9.84. The predicted molar refractivity (Wildman–Crippen MR) is 102 cm³/mol. The van der Waals surface area contributed by atoms with Crippen molar-refractivity contribution in [2.45, 2.75) is 51.1 Å². The quantitative estimate of drug-likeness (QED) is 0.737. The molecular formula is C21H21F2N5. The third-order valence-electron chi connectivity index (χ3n) is 5.72. The molecule has 1 saturated carbocycles. The molecule has 1 fully saturated rings. The number of hydrogen-bond donors (Lipinski definition) is 1. The Balaban J connectivity index is 1.62. The monoisotopic (exact) mass is 381 g/mol. The molecule has 5 nitrogen and oxygen atoms in total. The van der Waals surface area contributed by atoms with Crippen molar-refractivity contribution >= 4 is 11.2 Å². The molecule has 0 saturated heterocycles. The Morgan fingerprint density at radius 1 is 1.18 bits per heavy atom. The van der Waals surface area contributed by atoms with Gasteiger partial charge in [-0.25, -0.2) is 23.7 Å². The number of nitrogens with one attached hydrogen (secondary N) is 1. The van der Waals surface area contributed by atoms with E-state index in [-0.39, 0.29) is 11.7 Å². The first-order valence-electron chi connectivity index (χ1n) is 9.67. The van der Waals surface area contributed by atoms with Crippen molar-refractivity contribution in [3.8, 4) is 0 Å². The second-order valence-electron chi connectivity index (χ2n) is 7.60. The Morgan fingerprint density at radius 3 is 2.79 bits per heavy atom. The number of nitrogens with zero attached hydrogens (tertiary/aromatic N) is 4. The minimum absolute atomic E-state index is 0.103. The number of imidazole rings is 1. The summed E-state index contributed by atoms with van der Waals surface area (Å²) in [6, 6.07) is 3.82. The van der Waals surface area contributed by atoms with Crippen LogP contribution in [0.4, 0.5) is 8.78 Å². The normalized spacial score (nSPS) is 20.0. The molecule has 28 heavy (non-hydrogen) atoms. The fraction of sp³-hybridized carbons (Fsp3) is 0.381. The first kappa shape index (κ1) is 17.4. The predicted octanol–water partition coefficient (Wildman–Crippen LogP) is 4.25. The molecule has 144 valence electrons. The third-order valence-corrected chi connectivity index (χ3v) is 5.72. The smallest absolute Gasteiger partial charge is 0.280 e. The summed E-state index contributed by atoms with van der Waals surface area (Å²) in [4.78, 5) is 13.6. The lowest BCUT2D eigenvalue weighted by Crippen LogP contribution is -2.23. The average molecular weight is 381 g/mol. The second-order valence-corrected chi connectivity index (χ2v) is 7.60. The molecule has 1 N–H and O–H groups in total. The second kappa shape index (κ2) is 6.74. The molecule has 0 amide bonds. The SMILES string of the molecule is C[C@@H]1C=C(c2ccc3ncc(C(F)F)n3c2)c2cnc(C3CCC3)nc2CN1. The molecule has 5 rings (SSSR count). The van der Waals surface area contributed by atoms with E-state index < -0.39 is 6.43 Å². The van der Waals surface area contributed by atoms with Crippen LogP contribution in [0, 0.1) is 0 Å². The highest BCUT2D eigenvalue weighted by Crippen LogP contribution is 2.36. The van der Waals surface area contributed by atoms with E-state index in [1.807, 2.05) is 12.3 Å². The molecular weight excluding hydrogens is 360 g/mol. The topological polar surface area (TPSA) is 55.1 Å². The summed E-state index contributed by atoms with van der Waals surface area (Å²) in [5, 5.41) is 3.46. The van der Waals surface area contributed by atoms with Gasteiger partial charge in [0.1, 0.15) is 17.2 Å². The summed E-state index contributed by atoms with van der Waals surface area (Å²) in [7, 11) is 0. The molecule has 0 radical (unpaired) electrons. The summed E-state index contributed by atoms with van der Waals surface area (Å²) in [6.45, 7) is 2.74. The number of hydrogen-bond acceptors (Lipinski definition) is 4. The van der Waals surface area contributed by atoms with Gasteiger partial charge in [0.2, 0.25) is 0 Å². The Labute approximate surface area is 161 Å². The van der Waals surface area contributed by atoms with E-state index in [1.54, 1.807) is 12.3 Å². The van der Waals surface area contributed by atoms with Crippen molar-refractivity contribution in [1.82, 2.24) is 24.7 Å². The molecule has 7 heteroatoms. The molecule has 4 heterocycles. The summed E-state index contributed by atoms with van der Waals surface area (Å²) < 4.78 is 28.1. The molecule has 1 atom stereocenters. The summed E-state index contributed by atoms with van der Waals surface area (Å²) in [6.07, 6.45) is 7.94. The number of fused-ring (bicyclic) bond motifs is 2. The number of rotatable bonds is 3. The third kappa shape index (κ3) is 2.90. The van der Waals surface area contributed by atoms with Crippen LogP contribution >= 0.6 is 0 Å². The Morgan fingerprint density at radius 2 is 2.04 bits per heavy atom. The number of aromatic nitrogens is 4. The van der Waals surface area contributed by atoms with Crippen LogP contribution in [0.25, 0.3) is 11.2 Å². The van der Waals surface area contributed by atoms with Gasteiger partial charge in [0.15, 0.2) is 0 Å². The van der Waals surface area contributed by atoms with Gasteiger partial charge in [-0.3, -0.25) is 4.40 Å². The van der Waals surface area contributed by atoms with Gasteiger partial charge in [0.05, 0.1) is 11.9 Å². The van der Waals surface area contributed by atoms with Gasteiger partial charge in [0, 0.05) is 36.5 Å². The van der Waals surface area contributed by atoms with Crippen molar-refractivity contribution in [2.24, 2.45) is 0 Å². The van der Waals surface area contributed by atoms with Crippen LogP contribution in [0.15, 0.2) is 36.8 Å². The molecule has 2 aliphatic rings. The molecule has 3 aromatic rings. The van der Waals surface area contributed by atoms with E-state index >= 15 is 0 Å². The Kier molecular flexibility index (Phi) is 4.19. The zero-order valence-corrected chi connectivity index (χ0v) is 15.6. The van der Waals surface area contributed by atoms with E-state index in [0.29, 0.717) is 18.1 Å². The van der Waals surface area contributed by atoms with E-state index in [9.17, 15) is 8.78 Å². The molecule has 3 aromatic heterocycles. The zero-order valence-electron chi connectivity index (χ0n) is 15.6. The average Bonchev–Trinajstić information content (AvgIpc) is 2.99. The van der Waals surface area contributed by atoms with Gasteiger partial charge in [-0.05, 0) is 43.0 Å². The van der Waals surface area contributed by atoms with Crippen LogP contribution < -0.4 is 5.32 Å². The minimum atomic E-state index is -2.57. The first-order chi connectivity index (χ1) is 13.6. The van der Waals surface area contributed by atoms with Crippen LogP contribution in [-0.4, -0.2) is 25.4 Å². The molecule has 1 aliphatic carbocycles. The lowest BCUT2D eigenvalue weighted by molar-refractivity contribution is 0.145. The molecule has 0 bridgehead atoms. The first-order valence-corrected chi connectivity index (χ1v) is 9.67. The number of pyridine rings is 1. The standard InChI is InChI=1S/C21H21F2N5/c1-12-7-15(14-5-6-19-25-10-18(20(22)23)28(19)11-14)16-8-26-21(13-3-2-4-13)27-17(16)9-24-12/h5-8,10-13,20,24H,2-4,9H2,1H3/t12-/m1/s1. The molecule has 0 aromatic carbocycles. The highest BCUT2D eigenvalue weighted by atomic mass is 19.3. The van der Waals surface area contributed by atoms with Crippen molar-refractivity contribution in [3.63, 3.8) is 0 Å². The number of halogens is 2. The Bertz CT molecular complexity index is 1070. The highest BCUT2D eigenvalue weighted by molar-refractivity contribution is 5.81. The fourth-order valence-corrected chi connectivity index (χ4v) is 3.88. The van der Waals surface area contributed by atoms with E-state index in [0.717, 1.165) is 41.1 Å². The maximum absolute atomic E-state index is 13.3. The van der Waals surface area contributed by atoms with Crippen LogP contribution in [-0.2, 0) is 6.54 Å². The van der Waals surface area contributed by atoms with Crippen LogP contribution in [0.5, 0.6) is 0 Å². The van der Waals surface area contributed by atoms with E-state index in [4.69, 9.17) is 4.98 Å². The minimum Gasteiger partial charge on any atom is -0.305 e. The Hall–Kier alpha value is -2.67. The van der Waals surface area contributed by atoms with E-state index in [2.05, 4.69) is 28.3 Å². The summed E-state index contributed by atoms with van der Waals surface area (Å²) in [5.74, 6) is 1.39. The van der Waals surface area contributed by atoms with Crippen LogP contribution in [0.1, 0.15) is 66.9 Å². The number of alkyl halides is 2. The van der Waals surface area contributed by atoms with Crippen LogP contribution in [0.3, 0.4) is 0 Å². The van der Waals surface area contributed by atoms with E-state index in [1.165, 1.54) is 17.0 Å². The fourth-order valence-electron chi connectivity index (χ4n) is 3.88. The van der Waals surface area contributed by atoms with Crippen molar-refractivity contribution in [3.05, 3.63) is 65.1 Å². The largest absolute Gasteiger partial charge is 0.305 e.